The second kappa shape index (κ2) is 6.84. The van der Waals surface area contributed by atoms with Gasteiger partial charge in [-0.15, -0.1) is 0 Å². The van der Waals surface area contributed by atoms with Crippen LogP contribution in [0.15, 0.2) is 82.3 Å². The van der Waals surface area contributed by atoms with Gasteiger partial charge in [0.1, 0.15) is 11.5 Å². The Morgan fingerprint density at radius 2 is 1.73 bits per heavy atom. The van der Waals surface area contributed by atoms with Crippen LogP contribution in [0.4, 0.5) is 4.39 Å². The fourth-order valence-corrected chi connectivity index (χ4v) is 3.23. The molecule has 0 aliphatic heterocycles. The highest BCUT2D eigenvalue weighted by atomic mass is 79.9. The molecule has 0 radical (unpaired) electrons. The average molecular weight is 409 g/mol. The minimum absolute atomic E-state index is 0.0330. The first-order chi connectivity index (χ1) is 12.6. The molecule has 0 unspecified atom stereocenters. The maximum absolute atomic E-state index is 13.3. The molecule has 0 aliphatic carbocycles. The molecule has 2 aromatic heterocycles. The molecule has 2 aromatic carbocycles. The molecule has 0 spiro atoms. The van der Waals surface area contributed by atoms with E-state index >= 15 is 0 Å². The van der Waals surface area contributed by atoms with E-state index in [1.54, 1.807) is 36.7 Å². The van der Waals surface area contributed by atoms with Crippen LogP contribution in [-0.4, -0.2) is 9.55 Å². The molecule has 4 aromatic rings. The number of benzene rings is 2. The van der Waals surface area contributed by atoms with Crippen LogP contribution >= 0.6 is 15.9 Å². The predicted octanol–water partition coefficient (Wildman–Crippen LogP) is 4.88. The van der Waals surface area contributed by atoms with Gasteiger partial charge in [0, 0.05) is 34.5 Å². The summed E-state index contributed by atoms with van der Waals surface area (Å²) in [7, 11) is 0. The van der Waals surface area contributed by atoms with E-state index in [0.717, 1.165) is 15.7 Å². The zero-order valence-electron chi connectivity index (χ0n) is 13.7. The van der Waals surface area contributed by atoms with Crippen LogP contribution in [0, 0.1) is 5.82 Å². The number of halogens is 2. The lowest BCUT2D eigenvalue weighted by Gasteiger charge is -2.13. The summed E-state index contributed by atoms with van der Waals surface area (Å²) >= 11 is 3.42. The fourth-order valence-electron chi connectivity index (χ4n) is 2.96. The topological polar surface area (TPSA) is 34.9 Å². The largest absolute Gasteiger partial charge is 0.301 e. The maximum atomic E-state index is 13.3. The van der Waals surface area contributed by atoms with Gasteiger partial charge in [-0.3, -0.25) is 4.79 Å². The van der Waals surface area contributed by atoms with E-state index in [1.165, 1.54) is 12.1 Å². The van der Waals surface area contributed by atoms with E-state index < -0.39 is 0 Å². The van der Waals surface area contributed by atoms with E-state index in [-0.39, 0.29) is 11.2 Å². The number of hydrogen-bond acceptors (Lipinski definition) is 2. The molecule has 5 heteroatoms. The molecule has 26 heavy (non-hydrogen) atoms. The van der Waals surface area contributed by atoms with Gasteiger partial charge in [0.05, 0.1) is 5.39 Å². The van der Waals surface area contributed by atoms with Crippen molar-refractivity contribution < 1.29 is 4.39 Å². The molecular weight excluding hydrogens is 395 g/mol. The van der Waals surface area contributed by atoms with E-state index in [2.05, 4.69) is 20.9 Å². The fraction of sp³-hybridized carbons (Fsp3) is 0.0476. The van der Waals surface area contributed by atoms with Crippen LogP contribution in [0.3, 0.4) is 0 Å². The van der Waals surface area contributed by atoms with Gasteiger partial charge < -0.3 is 4.57 Å². The molecule has 128 valence electrons. The average Bonchev–Trinajstić information content (AvgIpc) is 2.67. The van der Waals surface area contributed by atoms with Gasteiger partial charge in [-0.2, -0.15) is 0 Å². The van der Waals surface area contributed by atoms with Gasteiger partial charge in [0.25, 0.3) is 0 Å². The van der Waals surface area contributed by atoms with Crippen LogP contribution in [0.1, 0.15) is 11.1 Å². The number of pyridine rings is 2. The van der Waals surface area contributed by atoms with E-state index in [1.807, 2.05) is 28.8 Å². The first-order valence-corrected chi connectivity index (χ1v) is 8.91. The molecule has 4 rings (SSSR count). The number of nitrogens with zero attached hydrogens (tertiary/aromatic N) is 2. The Kier molecular flexibility index (Phi) is 4.39. The molecule has 0 saturated heterocycles. The van der Waals surface area contributed by atoms with Crippen molar-refractivity contribution in [1.82, 2.24) is 9.55 Å². The lowest BCUT2D eigenvalue weighted by atomic mass is 10.0. The summed E-state index contributed by atoms with van der Waals surface area (Å²) < 4.78 is 16.1. The molecule has 0 saturated carbocycles. The molecule has 0 N–H and O–H groups in total. The van der Waals surface area contributed by atoms with Crippen molar-refractivity contribution >= 4 is 27.0 Å². The summed E-state index contributed by atoms with van der Waals surface area (Å²) in [6.45, 7) is 0. The van der Waals surface area contributed by atoms with Crippen molar-refractivity contribution in [2.45, 2.75) is 6.42 Å². The third-order valence-electron chi connectivity index (χ3n) is 4.25. The van der Waals surface area contributed by atoms with Crippen molar-refractivity contribution in [3.63, 3.8) is 0 Å². The molecule has 0 amide bonds. The molecule has 0 bridgehead atoms. The first-order valence-electron chi connectivity index (χ1n) is 8.11. The minimum Gasteiger partial charge on any atom is -0.301 e. The number of hydrogen-bond donors (Lipinski definition) is 0. The van der Waals surface area contributed by atoms with Crippen LogP contribution in [0.2, 0.25) is 0 Å². The van der Waals surface area contributed by atoms with Crippen LogP contribution < -0.4 is 5.43 Å². The van der Waals surface area contributed by atoms with E-state index in [9.17, 15) is 9.18 Å². The highest BCUT2D eigenvalue weighted by Gasteiger charge is 2.12. The normalized spacial score (nSPS) is 11.0. The van der Waals surface area contributed by atoms with Gasteiger partial charge in [-0.05, 0) is 54.1 Å². The molecule has 0 fully saturated rings. The van der Waals surface area contributed by atoms with Crippen molar-refractivity contribution in [1.29, 1.82) is 0 Å². The van der Waals surface area contributed by atoms with Crippen LogP contribution in [0.5, 0.6) is 0 Å². The van der Waals surface area contributed by atoms with Crippen molar-refractivity contribution in [2.24, 2.45) is 0 Å². The standard InChI is InChI=1S/C21H14BrFN2O/c22-16-5-3-14(4-6-16)12-15-13-25(18-9-7-17(23)8-10-18)21-19(20(15)26)2-1-11-24-21/h1-11,13H,12H2. The Balaban J connectivity index is 1.90. The van der Waals surface area contributed by atoms with Gasteiger partial charge in [0.2, 0.25) is 0 Å². The Hall–Kier alpha value is -2.79. The third kappa shape index (κ3) is 3.18. The lowest BCUT2D eigenvalue weighted by molar-refractivity contribution is 0.627. The van der Waals surface area contributed by atoms with Crippen LogP contribution in [0.25, 0.3) is 16.7 Å². The number of rotatable bonds is 3. The second-order valence-corrected chi connectivity index (χ2v) is 6.92. The van der Waals surface area contributed by atoms with Crippen molar-refractivity contribution in [3.8, 4) is 5.69 Å². The minimum atomic E-state index is -0.304. The number of aromatic nitrogens is 2. The van der Waals surface area contributed by atoms with Gasteiger partial charge in [-0.25, -0.2) is 9.37 Å². The Morgan fingerprint density at radius 1 is 1.00 bits per heavy atom. The summed E-state index contributed by atoms with van der Waals surface area (Å²) in [6.07, 6.45) is 3.96. The summed E-state index contributed by atoms with van der Waals surface area (Å²) in [6, 6.07) is 17.6. The highest BCUT2D eigenvalue weighted by molar-refractivity contribution is 9.10. The number of fused-ring (bicyclic) bond motifs is 1. The SMILES string of the molecule is O=c1c(Cc2ccc(Br)cc2)cn(-c2ccc(F)cc2)c2ncccc12. The summed E-state index contributed by atoms with van der Waals surface area (Å²) in [5.74, 6) is -0.304. The summed E-state index contributed by atoms with van der Waals surface area (Å²) in [5, 5.41) is 0.548. The molecule has 0 aliphatic rings. The maximum Gasteiger partial charge on any atom is 0.194 e. The quantitative estimate of drug-likeness (QED) is 0.484. The highest BCUT2D eigenvalue weighted by Crippen LogP contribution is 2.18. The third-order valence-corrected chi connectivity index (χ3v) is 4.78. The summed E-state index contributed by atoms with van der Waals surface area (Å²) in [5.41, 5.74) is 2.99. The lowest BCUT2D eigenvalue weighted by Crippen LogP contribution is -2.15. The molecular formula is C21H14BrFN2O. The van der Waals surface area contributed by atoms with Gasteiger partial charge in [-0.1, -0.05) is 28.1 Å². The molecule has 0 atom stereocenters. The zero-order valence-corrected chi connectivity index (χ0v) is 15.3. The van der Waals surface area contributed by atoms with Crippen molar-refractivity contribution in [2.75, 3.05) is 0 Å². The van der Waals surface area contributed by atoms with Gasteiger partial charge in [0.15, 0.2) is 5.43 Å². The Labute approximate surface area is 157 Å². The molecule has 3 nitrogen and oxygen atoms in total. The summed E-state index contributed by atoms with van der Waals surface area (Å²) in [4.78, 5) is 17.3. The monoisotopic (exact) mass is 408 g/mol. The smallest absolute Gasteiger partial charge is 0.194 e. The Morgan fingerprint density at radius 3 is 2.46 bits per heavy atom. The van der Waals surface area contributed by atoms with Crippen LogP contribution in [-0.2, 0) is 6.42 Å². The Bertz CT molecular complexity index is 1140. The predicted molar refractivity (Wildman–Crippen MR) is 104 cm³/mol. The first kappa shape index (κ1) is 16.7. The van der Waals surface area contributed by atoms with E-state index in [4.69, 9.17) is 0 Å². The molecule has 2 heterocycles. The zero-order chi connectivity index (χ0) is 18.1. The van der Waals surface area contributed by atoms with Crippen molar-refractivity contribution in [3.05, 3.63) is 105 Å². The van der Waals surface area contributed by atoms with Gasteiger partial charge >= 0.3 is 0 Å². The second-order valence-electron chi connectivity index (χ2n) is 6.01. The van der Waals surface area contributed by atoms with E-state index in [0.29, 0.717) is 23.0 Å².